The lowest BCUT2D eigenvalue weighted by Gasteiger charge is -2.38. The highest BCUT2D eigenvalue weighted by Gasteiger charge is 2.44. The van der Waals surface area contributed by atoms with Gasteiger partial charge in [-0.05, 0) is 79.5 Å². The molecule has 0 spiro atoms. The first-order chi connectivity index (χ1) is 17.4. The third kappa shape index (κ3) is 4.67. The van der Waals surface area contributed by atoms with Gasteiger partial charge in [0.15, 0.2) is 0 Å². The fourth-order valence-corrected chi connectivity index (χ4v) is 6.64. The summed E-state index contributed by atoms with van der Waals surface area (Å²) in [6.45, 7) is 2.24. The molecule has 8 nitrogen and oxygen atoms in total. The van der Waals surface area contributed by atoms with E-state index in [0.717, 1.165) is 48.9 Å². The van der Waals surface area contributed by atoms with Crippen molar-refractivity contribution in [3.05, 3.63) is 77.1 Å². The van der Waals surface area contributed by atoms with Crippen LogP contribution in [0, 0.1) is 5.92 Å². The molecule has 1 unspecified atom stereocenters. The number of nitrogens with zero attached hydrogens (tertiary/aromatic N) is 3. The largest absolute Gasteiger partial charge is 0.488 e. The van der Waals surface area contributed by atoms with Crippen molar-refractivity contribution in [1.82, 2.24) is 10.2 Å². The molecule has 2 aromatic carbocycles. The van der Waals surface area contributed by atoms with Crippen molar-refractivity contribution >= 4 is 21.7 Å². The molecule has 3 aromatic rings. The minimum Gasteiger partial charge on any atom is -0.488 e. The predicted molar refractivity (Wildman–Crippen MR) is 134 cm³/mol. The zero-order chi connectivity index (χ0) is 25.3. The molecule has 1 saturated carbocycles. The van der Waals surface area contributed by atoms with E-state index in [1.807, 2.05) is 12.1 Å². The molecule has 0 saturated heterocycles. The normalized spacial score (nSPS) is 17.4. The van der Waals surface area contributed by atoms with Crippen molar-refractivity contribution in [1.29, 1.82) is 0 Å². The van der Waals surface area contributed by atoms with Crippen LogP contribution in [0.5, 0.6) is 5.75 Å². The van der Waals surface area contributed by atoms with Gasteiger partial charge < -0.3 is 9.47 Å². The van der Waals surface area contributed by atoms with Crippen molar-refractivity contribution < 1.29 is 22.7 Å². The monoisotopic (exact) mass is 507 g/mol. The fourth-order valence-electron chi connectivity index (χ4n) is 4.83. The molecule has 2 aliphatic rings. The van der Waals surface area contributed by atoms with Crippen LogP contribution in [0.2, 0.25) is 0 Å². The first kappa shape index (κ1) is 24.2. The Balaban J connectivity index is 1.53. The molecule has 1 atom stereocenters. The van der Waals surface area contributed by atoms with Crippen LogP contribution in [0.25, 0.3) is 0 Å². The summed E-state index contributed by atoms with van der Waals surface area (Å²) < 4.78 is 40.6. The molecule has 1 fully saturated rings. The van der Waals surface area contributed by atoms with Crippen LogP contribution in [0.1, 0.15) is 53.2 Å². The number of anilines is 1. The lowest BCUT2D eigenvalue weighted by Crippen LogP contribution is -2.45. The van der Waals surface area contributed by atoms with Crippen LogP contribution < -0.4 is 9.04 Å². The van der Waals surface area contributed by atoms with Crippen LogP contribution in [0.15, 0.2) is 59.8 Å². The summed E-state index contributed by atoms with van der Waals surface area (Å²) in [6.07, 6.45) is 7.71. The molecule has 1 aliphatic heterocycles. The van der Waals surface area contributed by atoms with E-state index in [4.69, 9.17) is 9.47 Å². The van der Waals surface area contributed by atoms with E-state index in [2.05, 4.69) is 23.2 Å². The summed E-state index contributed by atoms with van der Waals surface area (Å²) in [5.41, 5.74) is 3.80. The predicted octanol–water partition coefficient (Wildman–Crippen LogP) is 4.32. The van der Waals surface area contributed by atoms with Gasteiger partial charge in [0.05, 0.1) is 23.9 Å². The summed E-state index contributed by atoms with van der Waals surface area (Å²) in [4.78, 5) is 12.7. The van der Waals surface area contributed by atoms with E-state index in [-0.39, 0.29) is 28.9 Å². The summed E-state index contributed by atoms with van der Waals surface area (Å²) >= 11 is 0. The molecule has 0 bridgehead atoms. The molecule has 0 amide bonds. The van der Waals surface area contributed by atoms with E-state index in [0.29, 0.717) is 5.92 Å². The van der Waals surface area contributed by atoms with E-state index in [9.17, 15) is 13.2 Å². The number of hydrogen-bond donors (Lipinski definition) is 0. The average Bonchev–Trinajstić information content (AvgIpc) is 3.76. The molecule has 5 rings (SSSR count). The van der Waals surface area contributed by atoms with Crippen LogP contribution in [-0.2, 0) is 34.2 Å². The Kier molecular flexibility index (Phi) is 6.66. The van der Waals surface area contributed by atoms with Crippen molar-refractivity contribution in [2.24, 2.45) is 5.92 Å². The number of esters is 1. The van der Waals surface area contributed by atoms with E-state index < -0.39 is 16.0 Å². The number of carbonyl (C=O) groups excluding carboxylic acids is 1. The molecule has 2 heterocycles. The van der Waals surface area contributed by atoms with Gasteiger partial charge >= 0.3 is 5.97 Å². The number of ether oxygens (including phenoxy) is 2. The minimum atomic E-state index is -3.95. The maximum Gasteiger partial charge on any atom is 0.341 e. The molecule has 188 valence electrons. The zero-order valence-electron chi connectivity index (χ0n) is 20.4. The number of carbonyl (C=O) groups is 1. The summed E-state index contributed by atoms with van der Waals surface area (Å²) in [5, 5.41) is 7.56. The Morgan fingerprint density at radius 3 is 2.58 bits per heavy atom. The molecule has 1 aromatic heterocycles. The lowest BCUT2D eigenvalue weighted by molar-refractivity contribution is 0.0595. The molecule has 0 radical (unpaired) electrons. The van der Waals surface area contributed by atoms with Crippen molar-refractivity contribution in [3.8, 4) is 5.75 Å². The molecule has 1 aliphatic carbocycles. The summed E-state index contributed by atoms with van der Waals surface area (Å²) in [5.74, 6) is -0.0707. The zero-order valence-corrected chi connectivity index (χ0v) is 21.2. The Hall–Kier alpha value is -3.46. The third-order valence-corrected chi connectivity index (χ3v) is 8.75. The Labute approximate surface area is 211 Å². The van der Waals surface area contributed by atoms with E-state index >= 15 is 0 Å². The highest BCUT2D eigenvalue weighted by Crippen LogP contribution is 2.45. The standard InChI is InChI=1S/C27H29N3O5S/c1-3-18-4-9-25-21(14-18)7-10-24(20-5-6-20)30(25)36(32,33)22-8-11-26(23(15-22)27(31)34-2)35-17-19-12-13-28-29-16-19/h4,8-9,11-16,20,24H,3,5-7,10,17H2,1-2H3. The fraction of sp³-hybridized carbons (Fsp3) is 0.370. The maximum atomic E-state index is 14.1. The third-order valence-electron chi connectivity index (χ3n) is 6.92. The van der Waals surface area contributed by atoms with Crippen molar-refractivity contribution in [2.45, 2.75) is 56.6 Å². The first-order valence-corrected chi connectivity index (χ1v) is 13.6. The van der Waals surface area contributed by atoms with E-state index in [1.165, 1.54) is 30.9 Å². The number of benzene rings is 2. The van der Waals surface area contributed by atoms with Crippen molar-refractivity contribution in [2.75, 3.05) is 11.4 Å². The summed E-state index contributed by atoms with van der Waals surface area (Å²) in [6, 6.07) is 12.1. The summed E-state index contributed by atoms with van der Waals surface area (Å²) in [7, 11) is -2.69. The quantitative estimate of drug-likeness (QED) is 0.419. The van der Waals surface area contributed by atoms with Crippen LogP contribution in [0.3, 0.4) is 0 Å². The highest BCUT2D eigenvalue weighted by atomic mass is 32.2. The smallest absolute Gasteiger partial charge is 0.341 e. The van der Waals surface area contributed by atoms with Crippen molar-refractivity contribution in [3.63, 3.8) is 0 Å². The number of sulfonamides is 1. The van der Waals surface area contributed by atoms with Gasteiger partial charge in [-0.3, -0.25) is 4.31 Å². The first-order valence-electron chi connectivity index (χ1n) is 12.2. The van der Waals surface area contributed by atoms with Gasteiger partial charge in [0.25, 0.3) is 10.0 Å². The second-order valence-electron chi connectivity index (χ2n) is 9.25. The minimum absolute atomic E-state index is 0.0406. The van der Waals surface area contributed by atoms with Gasteiger partial charge in [-0.25, -0.2) is 13.2 Å². The number of methoxy groups -OCH3 is 1. The molecular formula is C27H29N3O5S. The van der Waals surface area contributed by atoms with Gasteiger partial charge in [-0.1, -0.05) is 19.1 Å². The molecule has 36 heavy (non-hydrogen) atoms. The average molecular weight is 508 g/mol. The highest BCUT2D eigenvalue weighted by molar-refractivity contribution is 7.92. The molecular weight excluding hydrogens is 478 g/mol. The Morgan fingerprint density at radius 1 is 1.06 bits per heavy atom. The molecule has 9 heteroatoms. The number of hydrogen-bond acceptors (Lipinski definition) is 7. The van der Waals surface area contributed by atoms with Crippen LogP contribution in [-0.4, -0.2) is 37.7 Å². The van der Waals surface area contributed by atoms with Gasteiger partial charge in [0, 0.05) is 17.8 Å². The Morgan fingerprint density at radius 2 is 1.89 bits per heavy atom. The number of fused-ring (bicyclic) bond motifs is 1. The van der Waals surface area contributed by atoms with Gasteiger partial charge in [-0.2, -0.15) is 10.2 Å². The van der Waals surface area contributed by atoms with E-state index in [1.54, 1.807) is 22.8 Å². The Bertz CT molecular complexity index is 1370. The van der Waals surface area contributed by atoms with Gasteiger partial charge in [0.1, 0.15) is 17.9 Å². The number of aryl methyl sites for hydroxylation is 2. The number of rotatable bonds is 8. The van der Waals surface area contributed by atoms with Crippen LogP contribution >= 0.6 is 0 Å². The lowest BCUT2D eigenvalue weighted by atomic mass is 9.93. The maximum absolute atomic E-state index is 14.1. The second kappa shape index (κ2) is 9.89. The number of aromatic nitrogens is 2. The van der Waals surface area contributed by atoms with Gasteiger partial charge in [0.2, 0.25) is 0 Å². The molecule has 0 N–H and O–H groups in total. The van der Waals surface area contributed by atoms with Gasteiger partial charge in [-0.15, -0.1) is 0 Å². The topological polar surface area (TPSA) is 98.7 Å². The SMILES string of the molecule is CCc1ccc2c(c1)CCC(C1CC1)N2S(=O)(=O)c1ccc(OCc2ccnnc2)c(C(=O)OC)c1. The van der Waals surface area contributed by atoms with Crippen LogP contribution in [0.4, 0.5) is 5.69 Å². The second-order valence-corrected chi connectivity index (χ2v) is 11.1.